The minimum Gasteiger partial charge on any atom is -0.497 e. The molecule has 0 aliphatic carbocycles. The number of carbonyl (C=O) groups is 3. The molecule has 0 saturated carbocycles. The summed E-state index contributed by atoms with van der Waals surface area (Å²) in [5.41, 5.74) is 2.68. The quantitative estimate of drug-likeness (QED) is 0.184. The van der Waals surface area contributed by atoms with Crippen LogP contribution in [-0.2, 0) is 17.8 Å². The fourth-order valence-electron chi connectivity index (χ4n) is 6.53. The highest BCUT2D eigenvalue weighted by Crippen LogP contribution is 2.31. The van der Waals surface area contributed by atoms with Gasteiger partial charge in [0.1, 0.15) is 17.4 Å². The van der Waals surface area contributed by atoms with Crippen LogP contribution in [0.1, 0.15) is 83.4 Å². The van der Waals surface area contributed by atoms with Crippen LogP contribution in [-0.4, -0.2) is 65.4 Å². The standard InChI is InChI=1S/C38H46F2N2O5/c1-5-13-41(14-6-2)37(45)30-17-25(3)16-28(21-30)35(43)22-29(18-27-19-31(39)23-32(40)20-27)36(44)34-8-7-15-42(38(34)46)24-26-9-11-33(47-4)12-10-26/h9-12,16-17,19-21,23,29,34,36,44H,5-8,13-15,18,22,24H2,1-4H3/t29-,34+,36+/m1/s1. The summed E-state index contributed by atoms with van der Waals surface area (Å²) in [7, 11) is 1.58. The number of methoxy groups -OCH3 is 1. The third-order valence-corrected chi connectivity index (χ3v) is 8.79. The van der Waals surface area contributed by atoms with Gasteiger partial charge in [-0.2, -0.15) is 0 Å². The number of benzene rings is 3. The third kappa shape index (κ3) is 9.47. The molecule has 0 aromatic heterocycles. The molecule has 7 nitrogen and oxygen atoms in total. The van der Waals surface area contributed by atoms with E-state index < -0.39 is 29.6 Å². The third-order valence-electron chi connectivity index (χ3n) is 8.79. The van der Waals surface area contributed by atoms with Gasteiger partial charge in [0.2, 0.25) is 5.91 Å². The number of aliphatic hydroxyl groups is 1. The van der Waals surface area contributed by atoms with Crippen molar-refractivity contribution < 1.29 is 33.0 Å². The van der Waals surface area contributed by atoms with Crippen LogP contribution in [0.2, 0.25) is 0 Å². The number of aliphatic hydroxyl groups excluding tert-OH is 1. The van der Waals surface area contributed by atoms with Crippen molar-refractivity contribution in [1.82, 2.24) is 9.80 Å². The molecule has 9 heteroatoms. The molecule has 3 atom stereocenters. The Kier molecular flexibility index (Phi) is 12.6. The molecule has 2 amide bonds. The first-order valence-electron chi connectivity index (χ1n) is 16.5. The van der Waals surface area contributed by atoms with E-state index in [2.05, 4.69) is 0 Å². The van der Waals surface area contributed by atoms with Crippen LogP contribution >= 0.6 is 0 Å². The van der Waals surface area contributed by atoms with Crippen LogP contribution in [0.25, 0.3) is 0 Å². The lowest BCUT2D eigenvalue weighted by atomic mass is 9.79. The second kappa shape index (κ2) is 16.6. The molecule has 1 aliphatic rings. The zero-order valence-electron chi connectivity index (χ0n) is 27.8. The number of hydrogen-bond acceptors (Lipinski definition) is 5. The number of Topliss-reactive ketones (excluding diaryl/α,β-unsaturated/α-hetero) is 1. The zero-order valence-corrected chi connectivity index (χ0v) is 27.8. The molecule has 4 rings (SSSR count). The van der Waals surface area contributed by atoms with Crippen molar-refractivity contribution in [3.05, 3.63) is 100 Å². The summed E-state index contributed by atoms with van der Waals surface area (Å²) in [5, 5.41) is 11.8. The molecule has 3 aromatic rings. The van der Waals surface area contributed by atoms with E-state index in [1.54, 1.807) is 35.1 Å². The number of piperidine rings is 1. The number of amides is 2. The van der Waals surface area contributed by atoms with E-state index in [0.29, 0.717) is 55.9 Å². The number of hydrogen-bond donors (Lipinski definition) is 1. The monoisotopic (exact) mass is 648 g/mol. The Hall–Kier alpha value is -4.11. The first-order chi connectivity index (χ1) is 22.5. The molecule has 252 valence electrons. The van der Waals surface area contributed by atoms with Gasteiger partial charge in [0, 0.05) is 49.8 Å². The highest BCUT2D eigenvalue weighted by Gasteiger charge is 2.38. The largest absolute Gasteiger partial charge is 0.497 e. The number of ketones is 1. The minimum absolute atomic E-state index is 0.0117. The van der Waals surface area contributed by atoms with Crippen molar-refractivity contribution in [2.75, 3.05) is 26.7 Å². The maximum atomic E-state index is 14.2. The average Bonchev–Trinajstić information content (AvgIpc) is 3.04. The average molecular weight is 649 g/mol. The van der Waals surface area contributed by atoms with Crippen LogP contribution in [0.5, 0.6) is 5.75 Å². The molecule has 0 unspecified atom stereocenters. The number of aryl methyl sites for hydroxylation is 1. The van der Waals surface area contributed by atoms with Gasteiger partial charge in [-0.25, -0.2) is 8.78 Å². The summed E-state index contributed by atoms with van der Waals surface area (Å²) in [5.74, 6) is -3.11. The van der Waals surface area contributed by atoms with Gasteiger partial charge in [-0.3, -0.25) is 14.4 Å². The summed E-state index contributed by atoms with van der Waals surface area (Å²) in [6, 6.07) is 15.6. The topological polar surface area (TPSA) is 87.2 Å². The van der Waals surface area contributed by atoms with Crippen molar-refractivity contribution in [1.29, 1.82) is 0 Å². The van der Waals surface area contributed by atoms with Crippen LogP contribution < -0.4 is 4.74 Å². The second-order valence-electron chi connectivity index (χ2n) is 12.6. The van der Waals surface area contributed by atoms with Gasteiger partial charge in [0.25, 0.3) is 5.91 Å². The van der Waals surface area contributed by atoms with Crippen LogP contribution in [0, 0.1) is 30.4 Å². The fourth-order valence-corrected chi connectivity index (χ4v) is 6.53. The van der Waals surface area contributed by atoms with Gasteiger partial charge in [-0.1, -0.05) is 26.0 Å². The van der Waals surface area contributed by atoms with Gasteiger partial charge in [0.15, 0.2) is 5.78 Å². The SMILES string of the molecule is CCCN(CCC)C(=O)c1cc(C)cc(C(=O)C[C@@H](Cc2cc(F)cc(F)c2)[C@H](O)[C@@H]2CCCN(Cc3ccc(OC)cc3)C2=O)c1. The van der Waals surface area contributed by atoms with Crippen LogP contribution in [0.4, 0.5) is 8.78 Å². The molecule has 3 aromatic carbocycles. The van der Waals surface area contributed by atoms with Crippen LogP contribution in [0.3, 0.4) is 0 Å². The Balaban J connectivity index is 1.60. The van der Waals surface area contributed by atoms with Crippen molar-refractivity contribution in [3.8, 4) is 5.75 Å². The molecule has 47 heavy (non-hydrogen) atoms. The highest BCUT2D eigenvalue weighted by atomic mass is 19.1. The second-order valence-corrected chi connectivity index (χ2v) is 12.6. The molecule has 0 radical (unpaired) electrons. The summed E-state index contributed by atoms with van der Waals surface area (Å²) >= 11 is 0. The fraction of sp³-hybridized carbons (Fsp3) is 0.447. The first kappa shape index (κ1) is 35.7. The van der Waals surface area contributed by atoms with E-state index in [9.17, 15) is 28.3 Å². The maximum absolute atomic E-state index is 14.2. The molecule has 1 N–H and O–H groups in total. The van der Waals surface area contributed by atoms with Crippen molar-refractivity contribution >= 4 is 17.6 Å². The Labute approximate surface area is 276 Å². The highest BCUT2D eigenvalue weighted by molar-refractivity contribution is 6.01. The van der Waals surface area contributed by atoms with Gasteiger partial charge < -0.3 is 19.6 Å². The van der Waals surface area contributed by atoms with E-state index >= 15 is 0 Å². The van der Waals surface area contributed by atoms with Gasteiger partial charge in [-0.15, -0.1) is 0 Å². The molecule has 0 bridgehead atoms. The first-order valence-corrected chi connectivity index (χ1v) is 16.5. The van der Waals surface area contributed by atoms with Crippen LogP contribution in [0.15, 0.2) is 60.7 Å². The van der Waals surface area contributed by atoms with Gasteiger partial charge >= 0.3 is 0 Å². The number of rotatable bonds is 15. The van der Waals surface area contributed by atoms with Crippen molar-refractivity contribution in [2.45, 2.75) is 71.9 Å². The van der Waals surface area contributed by atoms with E-state index in [1.807, 2.05) is 45.0 Å². The summed E-state index contributed by atoms with van der Waals surface area (Å²) in [4.78, 5) is 44.5. The van der Waals surface area contributed by atoms with E-state index in [4.69, 9.17) is 4.74 Å². The molecule has 1 fully saturated rings. The normalized spacial score (nSPS) is 16.1. The Bertz CT molecular complexity index is 1520. The smallest absolute Gasteiger partial charge is 0.253 e. The molecule has 0 spiro atoms. The summed E-state index contributed by atoms with van der Waals surface area (Å²) in [6.45, 7) is 7.93. The Morgan fingerprint density at radius 2 is 1.60 bits per heavy atom. The van der Waals surface area contributed by atoms with E-state index in [0.717, 1.165) is 30.0 Å². The van der Waals surface area contributed by atoms with Crippen molar-refractivity contribution in [2.24, 2.45) is 11.8 Å². The summed E-state index contributed by atoms with van der Waals surface area (Å²) < 4.78 is 33.6. The molecular formula is C38H46F2N2O5. The Morgan fingerprint density at radius 1 is 0.957 bits per heavy atom. The predicted octanol–water partition coefficient (Wildman–Crippen LogP) is 6.78. The number of halogens is 2. The molecule has 1 aliphatic heterocycles. The lowest BCUT2D eigenvalue weighted by Gasteiger charge is -2.37. The van der Waals surface area contributed by atoms with E-state index in [1.165, 1.54) is 12.1 Å². The molecular weight excluding hydrogens is 602 g/mol. The Morgan fingerprint density at radius 3 is 2.21 bits per heavy atom. The number of likely N-dealkylation sites (tertiary alicyclic amines) is 1. The van der Waals surface area contributed by atoms with E-state index in [-0.39, 0.29) is 36.0 Å². The van der Waals surface area contributed by atoms with Gasteiger partial charge in [0.05, 0.1) is 19.1 Å². The predicted molar refractivity (Wildman–Crippen MR) is 177 cm³/mol. The molecule has 1 saturated heterocycles. The number of ether oxygens (including phenoxy) is 1. The zero-order chi connectivity index (χ0) is 34.1. The lowest BCUT2D eigenvalue weighted by molar-refractivity contribution is -0.145. The van der Waals surface area contributed by atoms with Crippen molar-refractivity contribution in [3.63, 3.8) is 0 Å². The van der Waals surface area contributed by atoms with Gasteiger partial charge in [-0.05, 0) is 104 Å². The minimum atomic E-state index is -1.24. The maximum Gasteiger partial charge on any atom is 0.253 e. The lowest BCUT2D eigenvalue weighted by Crippen LogP contribution is -2.47. The molecule has 1 heterocycles. The summed E-state index contributed by atoms with van der Waals surface area (Å²) in [6.07, 6.45) is 1.27. The number of carbonyl (C=O) groups excluding carboxylic acids is 3. The number of nitrogens with zero attached hydrogens (tertiary/aromatic N) is 2.